The molecule has 0 radical (unpaired) electrons. The van der Waals surface area contributed by atoms with Gasteiger partial charge in [0.05, 0.1) is 11.3 Å². The van der Waals surface area contributed by atoms with Crippen LogP contribution >= 0.6 is 11.8 Å². The molecular weight excluding hydrogens is 322 g/mol. The van der Waals surface area contributed by atoms with Gasteiger partial charge < -0.3 is 4.98 Å². The van der Waals surface area contributed by atoms with Crippen molar-refractivity contribution < 1.29 is 4.79 Å². The van der Waals surface area contributed by atoms with Crippen molar-refractivity contribution in [2.45, 2.75) is 30.8 Å². The number of aryl methyl sites for hydroxylation is 1. The second-order valence-corrected chi connectivity index (χ2v) is 6.87. The first kappa shape index (κ1) is 15.2. The van der Waals surface area contributed by atoms with E-state index in [2.05, 4.69) is 16.0 Å². The van der Waals surface area contributed by atoms with Crippen LogP contribution in [-0.4, -0.2) is 26.2 Å². The largest absolute Gasteiger partial charge is 0.301 e. The number of carbonyl (C=O) groups excluding carboxylic acids is 1. The standard InChI is InChI=1S/C18H17N3O2S/c22-16-9-10-19-18(20-16)24-11-17(23)21-14-7-3-1-5-12(14)13-6-2-4-8-15(13)21/h1,3,5,7,9-10H,2,4,6,8,11H2,(H,19,20,22). The molecule has 0 amide bonds. The second kappa shape index (κ2) is 6.28. The average molecular weight is 339 g/mol. The highest BCUT2D eigenvalue weighted by Gasteiger charge is 2.23. The number of aromatic nitrogens is 3. The van der Waals surface area contributed by atoms with E-state index < -0.39 is 0 Å². The summed E-state index contributed by atoms with van der Waals surface area (Å²) in [5.74, 6) is 0.281. The molecule has 6 heteroatoms. The van der Waals surface area contributed by atoms with E-state index in [1.807, 2.05) is 22.8 Å². The number of rotatable bonds is 3. The third kappa shape index (κ3) is 2.67. The van der Waals surface area contributed by atoms with Gasteiger partial charge in [-0.3, -0.25) is 14.2 Å². The number of para-hydroxylation sites is 1. The molecular formula is C18H17N3O2S. The van der Waals surface area contributed by atoms with E-state index in [0.717, 1.165) is 30.5 Å². The Bertz CT molecular complexity index is 974. The molecule has 0 fully saturated rings. The summed E-state index contributed by atoms with van der Waals surface area (Å²) in [6.45, 7) is 0. The first-order valence-electron chi connectivity index (χ1n) is 8.06. The number of nitrogens with one attached hydrogen (secondary N) is 1. The summed E-state index contributed by atoms with van der Waals surface area (Å²) in [6, 6.07) is 9.48. The molecule has 0 spiro atoms. The first-order chi connectivity index (χ1) is 11.7. The maximum absolute atomic E-state index is 12.9. The topological polar surface area (TPSA) is 67.8 Å². The molecule has 24 heavy (non-hydrogen) atoms. The molecule has 0 saturated heterocycles. The van der Waals surface area contributed by atoms with Gasteiger partial charge in [0.1, 0.15) is 0 Å². The van der Waals surface area contributed by atoms with Crippen LogP contribution in [0.5, 0.6) is 0 Å². The Kier molecular flexibility index (Phi) is 3.98. The number of thioether (sulfide) groups is 1. The zero-order chi connectivity index (χ0) is 16.5. The number of hydrogen-bond acceptors (Lipinski definition) is 4. The zero-order valence-corrected chi connectivity index (χ0v) is 13.9. The molecule has 2 aromatic heterocycles. The molecule has 0 atom stereocenters. The van der Waals surface area contributed by atoms with Crippen molar-refractivity contribution in [3.63, 3.8) is 0 Å². The van der Waals surface area contributed by atoms with E-state index in [4.69, 9.17) is 0 Å². The maximum Gasteiger partial charge on any atom is 0.251 e. The van der Waals surface area contributed by atoms with Crippen molar-refractivity contribution >= 4 is 28.6 Å². The average Bonchev–Trinajstić information content (AvgIpc) is 2.94. The highest BCUT2D eigenvalue weighted by atomic mass is 32.2. The van der Waals surface area contributed by atoms with E-state index in [-0.39, 0.29) is 17.2 Å². The summed E-state index contributed by atoms with van der Waals surface area (Å²) in [5.41, 5.74) is 3.26. The van der Waals surface area contributed by atoms with Crippen molar-refractivity contribution in [3.05, 3.63) is 58.1 Å². The molecule has 0 bridgehead atoms. The molecule has 1 N–H and O–H groups in total. The molecule has 0 saturated carbocycles. The summed E-state index contributed by atoms with van der Waals surface area (Å²) in [7, 11) is 0. The molecule has 0 aliphatic heterocycles. The van der Waals surface area contributed by atoms with Crippen LogP contribution in [0.1, 0.15) is 28.9 Å². The van der Waals surface area contributed by atoms with Gasteiger partial charge in [-0.05, 0) is 37.3 Å². The Morgan fingerprint density at radius 2 is 2.04 bits per heavy atom. The van der Waals surface area contributed by atoms with Gasteiger partial charge >= 0.3 is 0 Å². The molecule has 5 nitrogen and oxygen atoms in total. The van der Waals surface area contributed by atoms with Crippen LogP contribution < -0.4 is 5.56 Å². The predicted octanol–water partition coefficient (Wildman–Crippen LogP) is 3.04. The quantitative estimate of drug-likeness (QED) is 0.588. The molecule has 1 aromatic carbocycles. The fourth-order valence-corrected chi connectivity index (χ4v) is 4.10. The molecule has 1 aliphatic rings. The number of hydrogen-bond donors (Lipinski definition) is 1. The molecule has 4 rings (SSSR count). The fourth-order valence-electron chi connectivity index (χ4n) is 3.40. The van der Waals surface area contributed by atoms with Crippen LogP contribution in [-0.2, 0) is 12.8 Å². The van der Waals surface area contributed by atoms with Gasteiger partial charge in [0.25, 0.3) is 5.56 Å². The molecule has 0 unspecified atom stereocenters. The van der Waals surface area contributed by atoms with Gasteiger partial charge in [-0.2, -0.15) is 0 Å². The minimum absolute atomic E-state index is 0.0332. The summed E-state index contributed by atoms with van der Waals surface area (Å²) < 4.78 is 1.87. The summed E-state index contributed by atoms with van der Waals surface area (Å²) in [6.07, 6.45) is 5.74. The summed E-state index contributed by atoms with van der Waals surface area (Å²) in [5, 5.41) is 1.66. The van der Waals surface area contributed by atoms with E-state index in [1.54, 1.807) is 0 Å². The van der Waals surface area contributed by atoms with Crippen LogP contribution in [0.15, 0.2) is 46.5 Å². The van der Waals surface area contributed by atoms with Crippen molar-refractivity contribution in [3.8, 4) is 0 Å². The summed E-state index contributed by atoms with van der Waals surface area (Å²) >= 11 is 1.26. The monoisotopic (exact) mass is 339 g/mol. The third-order valence-electron chi connectivity index (χ3n) is 4.41. The van der Waals surface area contributed by atoms with Crippen molar-refractivity contribution in [2.24, 2.45) is 0 Å². The van der Waals surface area contributed by atoms with E-state index in [9.17, 15) is 9.59 Å². The number of H-pyrrole nitrogens is 1. The van der Waals surface area contributed by atoms with Crippen LogP contribution in [0, 0.1) is 0 Å². The van der Waals surface area contributed by atoms with Gasteiger partial charge in [0, 0.05) is 23.3 Å². The van der Waals surface area contributed by atoms with E-state index >= 15 is 0 Å². The Hall–Kier alpha value is -2.34. The van der Waals surface area contributed by atoms with E-state index in [1.165, 1.54) is 41.4 Å². The minimum Gasteiger partial charge on any atom is -0.301 e. The van der Waals surface area contributed by atoms with Crippen LogP contribution in [0.4, 0.5) is 0 Å². The Balaban J connectivity index is 1.68. The van der Waals surface area contributed by atoms with Crippen LogP contribution in [0.2, 0.25) is 0 Å². The van der Waals surface area contributed by atoms with Crippen LogP contribution in [0.25, 0.3) is 10.9 Å². The second-order valence-electron chi connectivity index (χ2n) is 5.91. The van der Waals surface area contributed by atoms with Gasteiger partial charge in [-0.15, -0.1) is 0 Å². The van der Waals surface area contributed by atoms with Gasteiger partial charge in [0.15, 0.2) is 5.16 Å². The molecule has 3 aromatic rings. The lowest BCUT2D eigenvalue weighted by Gasteiger charge is -2.14. The Morgan fingerprint density at radius 1 is 1.21 bits per heavy atom. The van der Waals surface area contributed by atoms with E-state index in [0.29, 0.717) is 5.16 Å². The normalized spacial score (nSPS) is 13.8. The molecule has 2 heterocycles. The fraction of sp³-hybridized carbons (Fsp3) is 0.278. The number of benzene rings is 1. The predicted molar refractivity (Wildman–Crippen MR) is 94.8 cm³/mol. The third-order valence-corrected chi connectivity index (χ3v) is 5.28. The van der Waals surface area contributed by atoms with Crippen molar-refractivity contribution in [2.75, 3.05) is 5.75 Å². The smallest absolute Gasteiger partial charge is 0.251 e. The number of fused-ring (bicyclic) bond motifs is 3. The Labute approximate surface area is 143 Å². The van der Waals surface area contributed by atoms with Crippen molar-refractivity contribution in [1.29, 1.82) is 0 Å². The zero-order valence-electron chi connectivity index (χ0n) is 13.1. The highest BCUT2D eigenvalue weighted by Crippen LogP contribution is 2.32. The lowest BCUT2D eigenvalue weighted by molar-refractivity contribution is 0.0943. The molecule has 1 aliphatic carbocycles. The Morgan fingerprint density at radius 3 is 2.92 bits per heavy atom. The SMILES string of the molecule is O=C(CSc1nccc(=O)[nH]1)n1c2c(c3ccccc31)CCCC2. The first-order valence-corrected chi connectivity index (χ1v) is 9.05. The number of carbonyl (C=O) groups is 1. The van der Waals surface area contributed by atoms with Gasteiger partial charge in [0.2, 0.25) is 5.91 Å². The van der Waals surface area contributed by atoms with Gasteiger partial charge in [-0.1, -0.05) is 30.0 Å². The number of nitrogens with zero attached hydrogens (tertiary/aromatic N) is 2. The van der Waals surface area contributed by atoms with Crippen LogP contribution in [0.3, 0.4) is 0 Å². The number of aromatic amines is 1. The minimum atomic E-state index is -0.205. The summed E-state index contributed by atoms with van der Waals surface area (Å²) in [4.78, 5) is 30.9. The lowest BCUT2D eigenvalue weighted by atomic mass is 9.96. The molecule has 122 valence electrons. The lowest BCUT2D eigenvalue weighted by Crippen LogP contribution is -2.18. The maximum atomic E-state index is 12.9. The highest BCUT2D eigenvalue weighted by molar-refractivity contribution is 7.99. The van der Waals surface area contributed by atoms with Crippen molar-refractivity contribution in [1.82, 2.24) is 14.5 Å². The van der Waals surface area contributed by atoms with Gasteiger partial charge in [-0.25, -0.2) is 4.98 Å².